The zero-order valence-electron chi connectivity index (χ0n) is 19.5. The van der Waals surface area contributed by atoms with E-state index in [2.05, 4.69) is 15.5 Å². The maximum absolute atomic E-state index is 13.8. The van der Waals surface area contributed by atoms with Gasteiger partial charge in [0.05, 0.1) is 16.8 Å². The van der Waals surface area contributed by atoms with Crippen LogP contribution >= 0.6 is 34.7 Å². The summed E-state index contributed by atoms with van der Waals surface area (Å²) in [6, 6.07) is 14.8. The van der Waals surface area contributed by atoms with E-state index in [4.69, 9.17) is 11.6 Å². The van der Waals surface area contributed by atoms with Gasteiger partial charge >= 0.3 is 0 Å². The molecule has 3 heterocycles. The summed E-state index contributed by atoms with van der Waals surface area (Å²) in [7, 11) is 0. The molecule has 0 radical (unpaired) electrons. The van der Waals surface area contributed by atoms with Gasteiger partial charge < -0.3 is 5.32 Å². The molecule has 182 valence electrons. The molecule has 6 rings (SSSR count). The van der Waals surface area contributed by atoms with Crippen LogP contribution in [0.15, 0.2) is 58.5 Å². The molecule has 0 fully saturated rings. The summed E-state index contributed by atoms with van der Waals surface area (Å²) in [5.74, 6) is 0.463. The van der Waals surface area contributed by atoms with E-state index in [0.717, 1.165) is 52.7 Å². The fourth-order valence-corrected chi connectivity index (χ4v) is 6.89. The molecule has 3 aromatic heterocycles. The zero-order valence-corrected chi connectivity index (χ0v) is 21.8. The fourth-order valence-electron chi connectivity index (χ4n) is 4.60. The molecule has 0 bridgehead atoms. The van der Waals surface area contributed by atoms with Crippen LogP contribution in [0.4, 0.5) is 5.69 Å². The molecule has 0 saturated carbocycles. The smallest absolute Gasteiger partial charge is 0.268 e. The van der Waals surface area contributed by atoms with Crippen molar-refractivity contribution < 1.29 is 4.79 Å². The van der Waals surface area contributed by atoms with Crippen molar-refractivity contribution in [3.63, 3.8) is 0 Å². The maximum atomic E-state index is 13.8. The summed E-state index contributed by atoms with van der Waals surface area (Å²) in [5, 5.41) is 13.6. The Labute approximate surface area is 220 Å². The van der Waals surface area contributed by atoms with Gasteiger partial charge in [0.2, 0.25) is 11.7 Å². The maximum Gasteiger partial charge on any atom is 0.268 e. The number of hydrogen-bond acceptors (Lipinski definition) is 6. The number of rotatable bonds is 5. The van der Waals surface area contributed by atoms with Crippen LogP contribution < -0.4 is 10.9 Å². The van der Waals surface area contributed by atoms with E-state index in [1.807, 2.05) is 47.7 Å². The van der Waals surface area contributed by atoms with E-state index in [1.54, 1.807) is 28.0 Å². The van der Waals surface area contributed by atoms with Crippen LogP contribution in [0.1, 0.15) is 28.8 Å². The number of benzene rings is 2. The molecule has 1 amide bonds. The molecule has 0 spiro atoms. The number of hydrogen-bond donors (Lipinski definition) is 1. The van der Waals surface area contributed by atoms with Crippen LogP contribution in [-0.2, 0) is 17.6 Å². The van der Waals surface area contributed by atoms with Crippen molar-refractivity contribution in [2.75, 3.05) is 11.1 Å². The number of nitrogens with zero attached hydrogens (tertiary/aromatic N) is 4. The number of amides is 1. The van der Waals surface area contributed by atoms with Crippen LogP contribution in [0.2, 0.25) is 5.02 Å². The first-order chi connectivity index (χ1) is 17.5. The van der Waals surface area contributed by atoms with E-state index in [9.17, 15) is 9.59 Å². The Morgan fingerprint density at radius 3 is 2.61 bits per heavy atom. The van der Waals surface area contributed by atoms with E-state index in [1.165, 1.54) is 16.6 Å². The Hall–Kier alpha value is -3.14. The molecular weight excluding hydrogens is 514 g/mol. The second-order valence-corrected chi connectivity index (χ2v) is 11.3. The Bertz CT molecular complexity index is 1670. The Kier molecular flexibility index (Phi) is 6.07. The largest absolute Gasteiger partial charge is 0.325 e. The third-order valence-corrected chi connectivity index (χ3v) is 8.80. The highest BCUT2D eigenvalue weighted by atomic mass is 35.5. The molecular formula is C26H22ClN5O2S2. The zero-order chi connectivity index (χ0) is 24.8. The monoisotopic (exact) mass is 535 g/mol. The number of aryl methyl sites for hydroxylation is 3. The second-order valence-electron chi connectivity index (χ2n) is 8.83. The number of carbonyl (C=O) groups is 1. The summed E-state index contributed by atoms with van der Waals surface area (Å²) in [4.78, 5) is 28.6. The Morgan fingerprint density at radius 2 is 1.83 bits per heavy atom. The normalized spacial score (nSPS) is 13.3. The van der Waals surface area contributed by atoms with Gasteiger partial charge in [-0.15, -0.1) is 21.5 Å². The number of thiophene rings is 1. The number of halogens is 1. The SMILES string of the molecule is Cc1ccc(NC(=O)CSc2nnc3n(-c4ccc(Cl)cc4)c(=O)c4c5c(sc4n23)CCCC5)cc1. The highest BCUT2D eigenvalue weighted by Crippen LogP contribution is 2.36. The predicted molar refractivity (Wildman–Crippen MR) is 146 cm³/mol. The van der Waals surface area contributed by atoms with E-state index >= 15 is 0 Å². The van der Waals surface area contributed by atoms with Crippen LogP contribution in [0.25, 0.3) is 21.7 Å². The Balaban J connectivity index is 1.44. The topological polar surface area (TPSA) is 81.3 Å². The van der Waals surface area contributed by atoms with Gasteiger partial charge in [-0.2, -0.15) is 0 Å². The van der Waals surface area contributed by atoms with Crippen molar-refractivity contribution in [3.05, 3.63) is 79.9 Å². The van der Waals surface area contributed by atoms with Gasteiger partial charge in [0.15, 0.2) is 5.16 Å². The van der Waals surface area contributed by atoms with Crippen LogP contribution in [0, 0.1) is 6.92 Å². The molecule has 0 saturated heterocycles. The van der Waals surface area contributed by atoms with Gasteiger partial charge in [0, 0.05) is 15.6 Å². The molecule has 5 aromatic rings. The standard InChI is InChI=1S/C26H22ClN5O2S2/c1-15-6-10-17(11-7-15)28-21(33)14-35-26-30-29-25-31(18-12-8-16(27)9-13-18)23(34)22-19-4-2-3-5-20(19)36-24(22)32(25)26/h6-13H,2-5,14H2,1H3,(H,28,33). The fraction of sp³-hybridized carbons (Fsp3) is 0.231. The predicted octanol–water partition coefficient (Wildman–Crippen LogP) is 5.67. The van der Waals surface area contributed by atoms with E-state index in [0.29, 0.717) is 21.6 Å². The number of carbonyl (C=O) groups excluding carboxylic acids is 1. The highest BCUT2D eigenvalue weighted by molar-refractivity contribution is 7.99. The average Bonchev–Trinajstić information content (AvgIpc) is 3.47. The van der Waals surface area contributed by atoms with Crippen LogP contribution in [0.3, 0.4) is 0 Å². The molecule has 36 heavy (non-hydrogen) atoms. The van der Waals surface area contributed by atoms with Crippen molar-refractivity contribution in [2.24, 2.45) is 0 Å². The summed E-state index contributed by atoms with van der Waals surface area (Å²) in [5.41, 5.74) is 3.60. The summed E-state index contributed by atoms with van der Waals surface area (Å²) in [6.07, 6.45) is 4.05. The van der Waals surface area contributed by atoms with Gasteiger partial charge in [-0.25, -0.2) is 8.97 Å². The molecule has 1 aliphatic carbocycles. The number of anilines is 1. The van der Waals surface area contributed by atoms with Gasteiger partial charge in [-0.05, 0) is 74.6 Å². The van der Waals surface area contributed by atoms with Gasteiger partial charge in [-0.1, -0.05) is 41.1 Å². The third kappa shape index (κ3) is 4.11. The lowest BCUT2D eigenvalue weighted by Gasteiger charge is -2.12. The first-order valence-corrected chi connectivity index (χ1v) is 13.9. The number of nitrogens with one attached hydrogen (secondary N) is 1. The number of fused-ring (bicyclic) bond motifs is 5. The molecule has 7 nitrogen and oxygen atoms in total. The first kappa shape index (κ1) is 23.3. The van der Waals surface area contributed by atoms with Crippen molar-refractivity contribution in [2.45, 2.75) is 37.8 Å². The molecule has 0 aliphatic heterocycles. The lowest BCUT2D eigenvalue weighted by atomic mass is 9.97. The van der Waals surface area contributed by atoms with Crippen molar-refractivity contribution >= 4 is 62.3 Å². The quantitative estimate of drug-likeness (QED) is 0.293. The Morgan fingerprint density at radius 1 is 1.08 bits per heavy atom. The van der Waals surface area contributed by atoms with E-state index < -0.39 is 0 Å². The minimum atomic E-state index is -0.131. The van der Waals surface area contributed by atoms with Crippen molar-refractivity contribution in [1.29, 1.82) is 0 Å². The number of thioether (sulfide) groups is 1. The third-order valence-electron chi connectivity index (χ3n) is 6.34. The van der Waals surface area contributed by atoms with Crippen LogP contribution in [0.5, 0.6) is 0 Å². The van der Waals surface area contributed by atoms with Gasteiger partial charge in [-0.3, -0.25) is 9.59 Å². The average molecular weight is 536 g/mol. The molecule has 0 atom stereocenters. The summed E-state index contributed by atoms with van der Waals surface area (Å²) in [6.45, 7) is 2.00. The molecule has 2 aromatic carbocycles. The van der Waals surface area contributed by atoms with Crippen molar-refractivity contribution in [1.82, 2.24) is 19.2 Å². The first-order valence-electron chi connectivity index (χ1n) is 11.7. The van der Waals surface area contributed by atoms with Gasteiger partial charge in [0.1, 0.15) is 4.83 Å². The summed E-state index contributed by atoms with van der Waals surface area (Å²) >= 11 is 9.06. The van der Waals surface area contributed by atoms with E-state index in [-0.39, 0.29) is 17.2 Å². The lowest BCUT2D eigenvalue weighted by Crippen LogP contribution is -2.22. The molecule has 0 unspecified atom stereocenters. The number of aromatic nitrogens is 4. The van der Waals surface area contributed by atoms with Crippen molar-refractivity contribution in [3.8, 4) is 5.69 Å². The summed E-state index contributed by atoms with van der Waals surface area (Å²) < 4.78 is 3.53. The van der Waals surface area contributed by atoms with Gasteiger partial charge in [0.25, 0.3) is 5.56 Å². The minimum absolute atomic E-state index is 0.0970. The second kappa shape index (κ2) is 9.38. The lowest BCUT2D eigenvalue weighted by molar-refractivity contribution is -0.113. The van der Waals surface area contributed by atoms with Crippen LogP contribution in [-0.4, -0.2) is 30.8 Å². The molecule has 10 heteroatoms. The minimum Gasteiger partial charge on any atom is -0.325 e. The molecule has 1 aliphatic rings. The highest BCUT2D eigenvalue weighted by Gasteiger charge is 2.25. The molecule has 1 N–H and O–H groups in total.